The van der Waals surface area contributed by atoms with Crippen LogP contribution in [-0.4, -0.2) is 37.9 Å². The molecule has 0 amide bonds. The van der Waals surface area contributed by atoms with Crippen LogP contribution in [-0.2, 0) is 23.8 Å². The van der Waals surface area contributed by atoms with Gasteiger partial charge in [0.2, 0.25) is 0 Å². The molecule has 0 aliphatic heterocycles. The maximum atomic E-state index is 12.9. The van der Waals surface area contributed by atoms with Crippen molar-refractivity contribution in [3.05, 3.63) is 122 Å². The van der Waals surface area contributed by atoms with Gasteiger partial charge in [-0.15, -0.1) is 0 Å². The van der Waals surface area contributed by atoms with Crippen LogP contribution in [0.5, 0.6) is 0 Å². The molecule has 0 aromatic carbocycles. The number of allylic oxidation sites excluding steroid dienone is 20. The van der Waals surface area contributed by atoms with Gasteiger partial charge in [-0.1, -0.05) is 245 Å². The van der Waals surface area contributed by atoms with Crippen molar-refractivity contribution in [1.82, 2.24) is 0 Å². The first-order chi connectivity index (χ1) is 35.6. The summed E-state index contributed by atoms with van der Waals surface area (Å²) in [6.45, 7) is 7.58. The van der Waals surface area contributed by atoms with E-state index in [1.165, 1.54) is 135 Å². The molecule has 0 aliphatic carbocycles. The van der Waals surface area contributed by atoms with Crippen LogP contribution in [0.15, 0.2) is 122 Å². The zero-order chi connectivity index (χ0) is 52.0. The first-order valence-electron chi connectivity index (χ1n) is 30.1. The van der Waals surface area contributed by atoms with Gasteiger partial charge in [-0.3, -0.25) is 9.59 Å². The van der Waals surface area contributed by atoms with Crippen LogP contribution in [0.1, 0.15) is 265 Å². The van der Waals surface area contributed by atoms with Crippen LogP contribution in [0.3, 0.4) is 0 Å². The Labute approximate surface area is 446 Å². The highest BCUT2D eigenvalue weighted by atomic mass is 16.6. The van der Waals surface area contributed by atoms with Crippen LogP contribution in [0, 0.1) is 0 Å². The number of ether oxygens (including phenoxy) is 3. The zero-order valence-corrected chi connectivity index (χ0v) is 47.2. The van der Waals surface area contributed by atoms with Crippen LogP contribution in [0.25, 0.3) is 0 Å². The summed E-state index contributed by atoms with van der Waals surface area (Å²) < 4.78 is 17.4. The SMILES string of the molecule is CC/C=C\C/C=C\C/C=C\C/C=C\C/C=C\CCCC(=O)OC(COCCCCCCCCC/C=C\C/C=C\C/C=C\CCCCC)COC(=O)CCCCCCCCCCC/C=C\C/C=C\CCCCC. The number of hydrogen-bond donors (Lipinski definition) is 0. The highest BCUT2D eigenvalue weighted by Crippen LogP contribution is 2.14. The van der Waals surface area contributed by atoms with Crippen molar-refractivity contribution >= 4 is 11.9 Å². The number of hydrogen-bond acceptors (Lipinski definition) is 5. The molecule has 0 aromatic rings. The largest absolute Gasteiger partial charge is 0.462 e. The van der Waals surface area contributed by atoms with Crippen molar-refractivity contribution in [3.8, 4) is 0 Å². The average molecular weight is 998 g/mol. The summed E-state index contributed by atoms with van der Waals surface area (Å²) >= 11 is 0. The molecule has 5 nitrogen and oxygen atoms in total. The molecule has 72 heavy (non-hydrogen) atoms. The van der Waals surface area contributed by atoms with Crippen molar-refractivity contribution in [2.75, 3.05) is 19.8 Å². The summed E-state index contributed by atoms with van der Waals surface area (Å²) in [6, 6.07) is 0. The van der Waals surface area contributed by atoms with Gasteiger partial charge >= 0.3 is 11.9 Å². The van der Waals surface area contributed by atoms with E-state index in [0.717, 1.165) is 96.3 Å². The van der Waals surface area contributed by atoms with Gasteiger partial charge in [-0.2, -0.15) is 0 Å². The molecule has 0 rings (SSSR count). The Balaban J connectivity index is 4.40. The normalized spacial score (nSPS) is 13.1. The minimum absolute atomic E-state index is 0.0497. The summed E-state index contributed by atoms with van der Waals surface area (Å²) in [5.74, 6) is -0.476. The Bertz CT molecular complexity index is 1450. The molecule has 0 radical (unpaired) electrons. The van der Waals surface area contributed by atoms with Gasteiger partial charge in [-0.05, 0) is 128 Å². The zero-order valence-electron chi connectivity index (χ0n) is 47.2. The molecular formula is C67H112O5. The fraction of sp³-hybridized carbons (Fsp3) is 0.672. The van der Waals surface area contributed by atoms with Gasteiger partial charge in [0.25, 0.3) is 0 Å². The van der Waals surface area contributed by atoms with E-state index < -0.39 is 6.10 Å². The lowest BCUT2D eigenvalue weighted by atomic mass is 10.1. The van der Waals surface area contributed by atoms with E-state index in [2.05, 4.69) is 142 Å². The highest BCUT2D eigenvalue weighted by Gasteiger charge is 2.17. The van der Waals surface area contributed by atoms with E-state index in [-0.39, 0.29) is 25.2 Å². The third kappa shape index (κ3) is 58.9. The van der Waals surface area contributed by atoms with Crippen LogP contribution in [0.4, 0.5) is 0 Å². The Morgan fingerprint density at radius 1 is 0.319 bits per heavy atom. The van der Waals surface area contributed by atoms with Gasteiger partial charge in [0.15, 0.2) is 6.10 Å². The van der Waals surface area contributed by atoms with Crippen LogP contribution in [0.2, 0.25) is 0 Å². The number of carbonyl (C=O) groups is 2. The Kier molecular flexibility index (Phi) is 58.4. The lowest BCUT2D eigenvalue weighted by Gasteiger charge is -2.18. The van der Waals surface area contributed by atoms with Crippen LogP contribution < -0.4 is 0 Å². The predicted octanol–water partition coefficient (Wildman–Crippen LogP) is 20.9. The van der Waals surface area contributed by atoms with E-state index >= 15 is 0 Å². The molecule has 0 saturated heterocycles. The smallest absolute Gasteiger partial charge is 0.306 e. The molecule has 0 saturated carbocycles. The van der Waals surface area contributed by atoms with Gasteiger partial charge in [0, 0.05) is 19.4 Å². The summed E-state index contributed by atoms with van der Waals surface area (Å²) in [5.41, 5.74) is 0. The lowest BCUT2D eigenvalue weighted by Crippen LogP contribution is -2.30. The molecule has 0 aliphatic rings. The minimum Gasteiger partial charge on any atom is -0.462 e. The molecule has 410 valence electrons. The molecule has 0 bridgehead atoms. The average Bonchev–Trinajstić information content (AvgIpc) is 3.38. The third-order valence-electron chi connectivity index (χ3n) is 12.5. The van der Waals surface area contributed by atoms with E-state index in [0.29, 0.717) is 19.4 Å². The minimum atomic E-state index is -0.583. The van der Waals surface area contributed by atoms with Gasteiger partial charge in [-0.25, -0.2) is 0 Å². The van der Waals surface area contributed by atoms with Gasteiger partial charge < -0.3 is 14.2 Å². The second-order valence-corrected chi connectivity index (χ2v) is 19.5. The number of rotatable bonds is 54. The maximum Gasteiger partial charge on any atom is 0.306 e. The van der Waals surface area contributed by atoms with Crippen molar-refractivity contribution in [1.29, 1.82) is 0 Å². The van der Waals surface area contributed by atoms with E-state index in [9.17, 15) is 9.59 Å². The third-order valence-corrected chi connectivity index (χ3v) is 12.5. The number of carbonyl (C=O) groups excluding carboxylic acids is 2. The molecule has 0 spiro atoms. The summed E-state index contributed by atoms with van der Waals surface area (Å²) in [5, 5.41) is 0. The fourth-order valence-corrected chi connectivity index (χ4v) is 7.99. The fourth-order valence-electron chi connectivity index (χ4n) is 7.99. The second kappa shape index (κ2) is 61.6. The van der Waals surface area contributed by atoms with E-state index in [1.54, 1.807) is 0 Å². The van der Waals surface area contributed by atoms with Crippen molar-refractivity contribution in [2.24, 2.45) is 0 Å². The van der Waals surface area contributed by atoms with Crippen molar-refractivity contribution < 1.29 is 23.8 Å². The van der Waals surface area contributed by atoms with E-state index in [1.807, 2.05) is 0 Å². The van der Waals surface area contributed by atoms with Crippen molar-refractivity contribution in [2.45, 2.75) is 271 Å². The number of esters is 2. The molecule has 0 N–H and O–H groups in total. The lowest BCUT2D eigenvalue weighted by molar-refractivity contribution is -0.162. The summed E-state index contributed by atoms with van der Waals surface area (Å²) in [4.78, 5) is 25.6. The molecule has 0 fully saturated rings. The molecular weight excluding hydrogens is 885 g/mol. The standard InChI is InChI=1S/C67H112O5/c1-4-7-10-13-16-19-22-25-28-31-33-35-38-41-44-47-50-53-56-59-62-70-63-65(72-67(69)61-58-55-52-49-46-43-40-36-30-27-24-21-18-15-12-9-6-3)64-71-66(68)60-57-54-51-48-45-42-39-37-34-32-29-26-23-20-17-14-11-8-5-2/h9,12,16-21,25-30,33,35,40,43,49,52,65H,4-8,10-11,13-15,22-24,31-32,34,36-39,41-42,44-48,50-51,53-64H2,1-3H3/b12-9-,19-16-,20-17-,21-18-,28-25-,29-26-,30-27-,35-33-,43-40-,52-49-. The Morgan fingerprint density at radius 3 is 1.04 bits per heavy atom. The van der Waals surface area contributed by atoms with Crippen molar-refractivity contribution in [3.63, 3.8) is 0 Å². The topological polar surface area (TPSA) is 61.8 Å². The quantitative estimate of drug-likeness (QED) is 0.0345. The predicted molar refractivity (Wildman–Crippen MR) is 316 cm³/mol. The number of unbranched alkanes of at least 4 members (excludes halogenated alkanes) is 23. The van der Waals surface area contributed by atoms with Crippen LogP contribution >= 0.6 is 0 Å². The summed E-state index contributed by atoms with van der Waals surface area (Å²) in [6.07, 6.45) is 86.6. The molecule has 0 heterocycles. The maximum absolute atomic E-state index is 12.9. The molecule has 1 unspecified atom stereocenters. The second-order valence-electron chi connectivity index (χ2n) is 19.5. The van der Waals surface area contributed by atoms with Gasteiger partial charge in [0.1, 0.15) is 6.61 Å². The highest BCUT2D eigenvalue weighted by molar-refractivity contribution is 5.70. The monoisotopic (exact) mass is 997 g/mol. The molecule has 0 aromatic heterocycles. The van der Waals surface area contributed by atoms with Gasteiger partial charge in [0.05, 0.1) is 6.61 Å². The summed E-state index contributed by atoms with van der Waals surface area (Å²) in [7, 11) is 0. The Morgan fingerprint density at radius 2 is 0.639 bits per heavy atom. The Hall–Kier alpha value is -3.70. The van der Waals surface area contributed by atoms with E-state index in [4.69, 9.17) is 14.2 Å². The first-order valence-corrected chi connectivity index (χ1v) is 30.1. The molecule has 5 heteroatoms. The first kappa shape index (κ1) is 68.3. The molecule has 1 atom stereocenters.